The van der Waals surface area contributed by atoms with Crippen molar-refractivity contribution in [1.82, 2.24) is 19.8 Å². The molecular formula is C6H6N4OS2. The first-order valence-electron chi connectivity index (χ1n) is 3.68. The largest absolute Gasteiger partial charge is 0.408 e. The van der Waals surface area contributed by atoms with Gasteiger partial charge in [-0.3, -0.25) is 0 Å². The van der Waals surface area contributed by atoms with Crippen LogP contribution in [-0.2, 0) is 6.42 Å². The Morgan fingerprint density at radius 1 is 1.62 bits per heavy atom. The van der Waals surface area contributed by atoms with E-state index in [2.05, 4.69) is 19.8 Å². The second-order valence-electron chi connectivity index (χ2n) is 2.32. The zero-order valence-electron chi connectivity index (χ0n) is 6.77. The van der Waals surface area contributed by atoms with Crippen molar-refractivity contribution in [2.75, 3.05) is 0 Å². The fourth-order valence-electron chi connectivity index (χ4n) is 0.929. The Hall–Kier alpha value is -1.08. The van der Waals surface area contributed by atoms with Crippen molar-refractivity contribution in [1.29, 1.82) is 0 Å². The van der Waals surface area contributed by atoms with Crippen LogP contribution in [0.5, 0.6) is 0 Å². The van der Waals surface area contributed by atoms with E-state index in [1.165, 1.54) is 11.5 Å². The third-order valence-electron chi connectivity index (χ3n) is 1.52. The second kappa shape index (κ2) is 3.35. The molecule has 68 valence electrons. The standard InChI is InChI=1S/C6H6N4OS2/c1-2-3-4(13-10-7-3)5-8-9-6(12)11-5/h2H2,1H3,(H,9,12). The number of hydrogen-bond donors (Lipinski definition) is 1. The molecular weight excluding hydrogens is 208 g/mol. The number of hydrogen-bond acceptors (Lipinski definition) is 6. The van der Waals surface area contributed by atoms with Crippen molar-refractivity contribution in [3.05, 3.63) is 10.5 Å². The molecule has 0 unspecified atom stereocenters. The van der Waals surface area contributed by atoms with Crippen molar-refractivity contribution < 1.29 is 4.42 Å². The Bertz CT molecular complexity index is 457. The molecule has 1 N–H and O–H groups in total. The summed E-state index contributed by atoms with van der Waals surface area (Å²) >= 11 is 6.02. The molecule has 0 radical (unpaired) electrons. The van der Waals surface area contributed by atoms with E-state index in [-0.39, 0.29) is 4.84 Å². The van der Waals surface area contributed by atoms with Crippen molar-refractivity contribution in [2.45, 2.75) is 13.3 Å². The predicted molar refractivity (Wildman–Crippen MR) is 50.0 cm³/mol. The van der Waals surface area contributed by atoms with E-state index < -0.39 is 0 Å². The van der Waals surface area contributed by atoms with Crippen LogP contribution in [0.1, 0.15) is 12.6 Å². The molecule has 0 spiro atoms. The van der Waals surface area contributed by atoms with Gasteiger partial charge in [-0.1, -0.05) is 11.4 Å². The minimum absolute atomic E-state index is 0.269. The third kappa shape index (κ3) is 1.52. The molecule has 0 amide bonds. The first-order chi connectivity index (χ1) is 6.31. The fraction of sp³-hybridized carbons (Fsp3) is 0.333. The van der Waals surface area contributed by atoms with Crippen molar-refractivity contribution in [2.24, 2.45) is 0 Å². The van der Waals surface area contributed by atoms with E-state index in [0.717, 1.165) is 17.0 Å². The monoisotopic (exact) mass is 214 g/mol. The molecule has 0 atom stereocenters. The summed E-state index contributed by atoms with van der Waals surface area (Å²) < 4.78 is 8.97. The summed E-state index contributed by atoms with van der Waals surface area (Å²) in [6.07, 6.45) is 0.807. The zero-order chi connectivity index (χ0) is 9.26. The van der Waals surface area contributed by atoms with Gasteiger partial charge in [-0.25, -0.2) is 5.10 Å². The molecule has 7 heteroatoms. The molecule has 0 aliphatic carbocycles. The lowest BCUT2D eigenvalue weighted by Gasteiger charge is -1.88. The number of nitrogens with one attached hydrogen (secondary N) is 1. The highest BCUT2D eigenvalue weighted by Gasteiger charge is 2.12. The SMILES string of the molecule is CCc1nnsc1-c1n[nH]c(=S)o1. The quantitative estimate of drug-likeness (QED) is 0.772. The van der Waals surface area contributed by atoms with Gasteiger partial charge in [-0.15, -0.1) is 10.2 Å². The Kier molecular flexibility index (Phi) is 2.19. The molecule has 0 bridgehead atoms. The maximum absolute atomic E-state index is 5.15. The molecule has 2 aromatic heterocycles. The molecule has 0 fully saturated rings. The van der Waals surface area contributed by atoms with Gasteiger partial charge in [0.1, 0.15) is 4.88 Å². The lowest BCUT2D eigenvalue weighted by Crippen LogP contribution is -1.84. The number of rotatable bonds is 2. The molecule has 0 aliphatic heterocycles. The summed E-state index contributed by atoms with van der Waals surface area (Å²) in [7, 11) is 0. The van der Waals surface area contributed by atoms with Gasteiger partial charge in [-0.05, 0) is 30.2 Å². The number of aryl methyl sites for hydroxylation is 1. The summed E-state index contributed by atoms with van der Waals surface area (Å²) in [5, 5.41) is 10.4. The maximum Gasteiger partial charge on any atom is 0.284 e. The Morgan fingerprint density at radius 2 is 2.46 bits per heavy atom. The molecule has 2 aromatic rings. The van der Waals surface area contributed by atoms with Crippen LogP contribution in [0.25, 0.3) is 10.8 Å². The number of nitrogens with zero attached hydrogens (tertiary/aromatic N) is 3. The first-order valence-corrected chi connectivity index (χ1v) is 4.86. The Morgan fingerprint density at radius 3 is 3.08 bits per heavy atom. The van der Waals surface area contributed by atoms with Gasteiger partial charge in [0.15, 0.2) is 0 Å². The lowest BCUT2D eigenvalue weighted by atomic mass is 10.3. The minimum Gasteiger partial charge on any atom is -0.408 e. The summed E-state index contributed by atoms with van der Waals surface area (Å²) in [5.74, 6) is 0.469. The van der Waals surface area contributed by atoms with Gasteiger partial charge in [0, 0.05) is 0 Å². The molecule has 0 saturated carbocycles. The van der Waals surface area contributed by atoms with Crippen LogP contribution in [0.3, 0.4) is 0 Å². The number of H-pyrrole nitrogens is 1. The van der Waals surface area contributed by atoms with E-state index in [4.69, 9.17) is 16.6 Å². The van der Waals surface area contributed by atoms with Crippen LogP contribution in [0.2, 0.25) is 0 Å². The molecule has 2 rings (SSSR count). The highest BCUT2D eigenvalue weighted by molar-refractivity contribution is 7.71. The van der Waals surface area contributed by atoms with Crippen LogP contribution in [0, 0.1) is 4.84 Å². The highest BCUT2D eigenvalue weighted by atomic mass is 32.1. The summed E-state index contributed by atoms with van der Waals surface area (Å²) in [4.78, 5) is 1.11. The minimum atomic E-state index is 0.269. The third-order valence-corrected chi connectivity index (χ3v) is 2.45. The van der Waals surface area contributed by atoms with Gasteiger partial charge in [0.25, 0.3) is 10.7 Å². The molecule has 2 heterocycles. The number of aromatic amines is 1. The van der Waals surface area contributed by atoms with E-state index in [0.29, 0.717) is 5.89 Å². The summed E-state index contributed by atoms with van der Waals surface area (Å²) in [6, 6.07) is 0. The van der Waals surface area contributed by atoms with Crippen molar-refractivity contribution in [3.8, 4) is 10.8 Å². The van der Waals surface area contributed by atoms with E-state index >= 15 is 0 Å². The van der Waals surface area contributed by atoms with E-state index in [9.17, 15) is 0 Å². The Balaban J connectivity index is 2.51. The maximum atomic E-state index is 5.15. The fourth-order valence-corrected chi connectivity index (χ4v) is 1.73. The lowest BCUT2D eigenvalue weighted by molar-refractivity contribution is 0.552. The van der Waals surface area contributed by atoms with Crippen LogP contribution < -0.4 is 0 Å². The van der Waals surface area contributed by atoms with Crippen molar-refractivity contribution >= 4 is 23.8 Å². The van der Waals surface area contributed by atoms with Crippen LogP contribution >= 0.6 is 23.8 Å². The van der Waals surface area contributed by atoms with Gasteiger partial charge in [-0.2, -0.15) is 0 Å². The highest BCUT2D eigenvalue weighted by Crippen LogP contribution is 2.23. The molecule has 13 heavy (non-hydrogen) atoms. The molecule has 5 nitrogen and oxygen atoms in total. The molecule has 0 saturated heterocycles. The summed E-state index contributed by atoms with van der Waals surface area (Å²) in [6.45, 7) is 2.00. The van der Waals surface area contributed by atoms with E-state index in [1.807, 2.05) is 6.92 Å². The molecule has 0 aromatic carbocycles. The van der Waals surface area contributed by atoms with Crippen LogP contribution in [0.15, 0.2) is 4.42 Å². The van der Waals surface area contributed by atoms with Gasteiger partial charge in [0.2, 0.25) is 0 Å². The average molecular weight is 214 g/mol. The first kappa shape index (κ1) is 8.52. The summed E-state index contributed by atoms with van der Waals surface area (Å²) in [5.41, 5.74) is 0.884. The van der Waals surface area contributed by atoms with E-state index in [1.54, 1.807) is 0 Å². The van der Waals surface area contributed by atoms with Gasteiger partial charge in [0.05, 0.1) is 5.69 Å². The van der Waals surface area contributed by atoms with Crippen LogP contribution in [0.4, 0.5) is 0 Å². The van der Waals surface area contributed by atoms with Gasteiger partial charge >= 0.3 is 0 Å². The second-order valence-corrected chi connectivity index (χ2v) is 3.45. The topological polar surface area (TPSA) is 67.6 Å². The van der Waals surface area contributed by atoms with Crippen molar-refractivity contribution in [3.63, 3.8) is 0 Å². The Labute approximate surface area is 83.0 Å². The van der Waals surface area contributed by atoms with Gasteiger partial charge < -0.3 is 4.42 Å². The number of aromatic nitrogens is 4. The average Bonchev–Trinajstić information content (AvgIpc) is 2.71. The zero-order valence-corrected chi connectivity index (χ0v) is 8.41. The normalized spacial score (nSPS) is 10.5. The predicted octanol–water partition coefficient (Wildman–Crippen LogP) is 1.81. The van der Waals surface area contributed by atoms with Crippen LogP contribution in [-0.4, -0.2) is 19.8 Å². The smallest absolute Gasteiger partial charge is 0.284 e. The molecule has 0 aliphatic rings.